The van der Waals surface area contributed by atoms with Gasteiger partial charge in [0.2, 0.25) is 0 Å². The molecule has 0 aliphatic rings. The molecule has 0 unspecified atom stereocenters. The fourth-order valence-electron chi connectivity index (χ4n) is 2.03. The van der Waals surface area contributed by atoms with Crippen LogP contribution in [0.1, 0.15) is 84.4 Å². The molecule has 1 heterocycles. The molecule has 0 saturated carbocycles. The van der Waals surface area contributed by atoms with Gasteiger partial charge in [0, 0.05) is 12.5 Å². The quantitative estimate of drug-likeness (QED) is 0.717. The second kappa shape index (κ2) is 8.12. The van der Waals surface area contributed by atoms with E-state index in [1.807, 2.05) is 13.8 Å². The predicted octanol–water partition coefficient (Wildman–Crippen LogP) is 5.21. The van der Waals surface area contributed by atoms with Crippen molar-refractivity contribution in [2.45, 2.75) is 73.8 Å². The van der Waals surface area contributed by atoms with Crippen molar-refractivity contribution in [2.75, 3.05) is 0 Å². The van der Waals surface area contributed by atoms with Gasteiger partial charge in [0.25, 0.3) is 0 Å². The van der Waals surface area contributed by atoms with Crippen LogP contribution in [0.4, 0.5) is 0 Å². The summed E-state index contributed by atoms with van der Waals surface area (Å²) in [4.78, 5) is 4.81. The van der Waals surface area contributed by atoms with E-state index in [4.69, 9.17) is 4.98 Å². The van der Waals surface area contributed by atoms with Crippen molar-refractivity contribution in [1.29, 1.82) is 0 Å². The molecule has 0 spiro atoms. The Morgan fingerprint density at radius 1 is 1.11 bits per heavy atom. The molecule has 0 atom stereocenters. The van der Waals surface area contributed by atoms with E-state index in [9.17, 15) is 0 Å². The Hall–Kier alpha value is -1.05. The average molecular weight is 250 g/mol. The predicted molar refractivity (Wildman–Crippen MR) is 82.1 cm³/mol. The molecule has 104 valence electrons. The first-order valence-corrected chi connectivity index (χ1v) is 7.25. The zero-order valence-electron chi connectivity index (χ0n) is 13.4. The molecule has 0 N–H and O–H groups in total. The van der Waals surface area contributed by atoms with Gasteiger partial charge in [-0.15, -0.1) is 0 Å². The van der Waals surface area contributed by atoms with Crippen LogP contribution in [0.2, 0.25) is 0 Å². The Bertz CT molecular complexity index is 371. The van der Waals surface area contributed by atoms with Gasteiger partial charge in [-0.2, -0.15) is 0 Å². The molecule has 2 nitrogen and oxygen atoms in total. The highest BCUT2D eigenvalue weighted by molar-refractivity contribution is 5.50. The fourth-order valence-corrected chi connectivity index (χ4v) is 2.03. The summed E-state index contributed by atoms with van der Waals surface area (Å²) in [6.45, 7) is 18.1. The molecular formula is C16H30N2. The van der Waals surface area contributed by atoms with Crippen LogP contribution < -0.4 is 0 Å². The third-order valence-corrected chi connectivity index (χ3v) is 2.77. The van der Waals surface area contributed by atoms with Crippen molar-refractivity contribution in [1.82, 2.24) is 9.55 Å². The first kappa shape index (κ1) is 16.9. The van der Waals surface area contributed by atoms with Crippen molar-refractivity contribution in [3.05, 3.63) is 23.3 Å². The summed E-state index contributed by atoms with van der Waals surface area (Å²) in [5.41, 5.74) is 2.51. The highest BCUT2D eigenvalue weighted by atomic mass is 15.1. The normalized spacial score (nSPS) is 11.2. The van der Waals surface area contributed by atoms with E-state index in [1.54, 1.807) is 0 Å². The van der Waals surface area contributed by atoms with Crippen LogP contribution in [0.5, 0.6) is 0 Å². The summed E-state index contributed by atoms with van der Waals surface area (Å²) in [7, 11) is 0. The molecular weight excluding hydrogens is 220 g/mol. The Labute approximate surface area is 113 Å². The van der Waals surface area contributed by atoms with E-state index in [2.05, 4.69) is 58.3 Å². The van der Waals surface area contributed by atoms with Gasteiger partial charge in [-0.1, -0.05) is 47.6 Å². The third-order valence-electron chi connectivity index (χ3n) is 2.77. The van der Waals surface area contributed by atoms with Gasteiger partial charge < -0.3 is 4.57 Å². The molecule has 0 amide bonds. The SMILES string of the molecule is C/C=C\c1c(C(C)C)nc(C(C)C)n1CC.CC. The van der Waals surface area contributed by atoms with E-state index >= 15 is 0 Å². The lowest BCUT2D eigenvalue weighted by atomic mass is 10.1. The molecule has 18 heavy (non-hydrogen) atoms. The monoisotopic (exact) mass is 250 g/mol. The molecule has 0 saturated heterocycles. The Kier molecular flexibility index (Phi) is 7.65. The van der Waals surface area contributed by atoms with Crippen molar-refractivity contribution < 1.29 is 0 Å². The molecule has 0 fully saturated rings. The summed E-state index contributed by atoms with van der Waals surface area (Å²) in [6, 6.07) is 0. The number of imidazole rings is 1. The maximum Gasteiger partial charge on any atom is 0.112 e. The average Bonchev–Trinajstić information content (AvgIpc) is 2.71. The van der Waals surface area contributed by atoms with Crippen LogP contribution in [0.15, 0.2) is 6.08 Å². The van der Waals surface area contributed by atoms with Crippen LogP contribution in [0.25, 0.3) is 6.08 Å². The maximum atomic E-state index is 4.81. The van der Waals surface area contributed by atoms with Crippen LogP contribution in [0, 0.1) is 0 Å². The summed E-state index contributed by atoms with van der Waals surface area (Å²) < 4.78 is 2.33. The largest absolute Gasteiger partial charge is 0.328 e. The maximum absolute atomic E-state index is 4.81. The highest BCUT2D eigenvalue weighted by Crippen LogP contribution is 2.25. The number of hydrogen-bond donors (Lipinski definition) is 0. The first-order valence-electron chi connectivity index (χ1n) is 7.25. The zero-order valence-corrected chi connectivity index (χ0v) is 13.4. The summed E-state index contributed by atoms with van der Waals surface area (Å²) >= 11 is 0. The molecule has 1 rings (SSSR count). The summed E-state index contributed by atoms with van der Waals surface area (Å²) in [5, 5.41) is 0. The van der Waals surface area contributed by atoms with E-state index in [1.165, 1.54) is 17.2 Å². The Morgan fingerprint density at radius 3 is 2.00 bits per heavy atom. The van der Waals surface area contributed by atoms with Gasteiger partial charge in [0.15, 0.2) is 0 Å². The number of aromatic nitrogens is 2. The minimum Gasteiger partial charge on any atom is -0.328 e. The van der Waals surface area contributed by atoms with Crippen LogP contribution in [-0.2, 0) is 6.54 Å². The first-order chi connectivity index (χ1) is 8.52. The third kappa shape index (κ3) is 3.72. The van der Waals surface area contributed by atoms with Gasteiger partial charge in [0.05, 0.1) is 11.4 Å². The fraction of sp³-hybridized carbons (Fsp3) is 0.688. The molecule has 0 aliphatic carbocycles. The smallest absolute Gasteiger partial charge is 0.112 e. The van der Waals surface area contributed by atoms with E-state index < -0.39 is 0 Å². The van der Waals surface area contributed by atoms with Gasteiger partial charge in [-0.05, 0) is 25.8 Å². The Balaban J connectivity index is 0.00000137. The molecule has 1 aromatic heterocycles. The summed E-state index contributed by atoms with van der Waals surface area (Å²) in [6.07, 6.45) is 4.27. The number of nitrogens with zero attached hydrogens (tertiary/aromatic N) is 2. The van der Waals surface area contributed by atoms with Crippen molar-refractivity contribution >= 4 is 6.08 Å². The van der Waals surface area contributed by atoms with Gasteiger partial charge in [-0.3, -0.25) is 0 Å². The molecule has 0 aromatic carbocycles. The van der Waals surface area contributed by atoms with Gasteiger partial charge in [0.1, 0.15) is 5.82 Å². The minimum atomic E-state index is 0.483. The lowest BCUT2D eigenvalue weighted by Crippen LogP contribution is -2.05. The van der Waals surface area contributed by atoms with E-state index in [0.717, 1.165) is 6.54 Å². The van der Waals surface area contributed by atoms with Crippen LogP contribution in [-0.4, -0.2) is 9.55 Å². The highest BCUT2D eigenvalue weighted by Gasteiger charge is 2.17. The number of hydrogen-bond acceptors (Lipinski definition) is 1. The second-order valence-electron chi connectivity index (χ2n) is 4.79. The number of allylic oxidation sites excluding steroid dienone is 1. The van der Waals surface area contributed by atoms with Crippen LogP contribution >= 0.6 is 0 Å². The summed E-state index contributed by atoms with van der Waals surface area (Å²) in [5.74, 6) is 2.17. The molecule has 0 aliphatic heterocycles. The van der Waals surface area contributed by atoms with Crippen molar-refractivity contribution in [3.8, 4) is 0 Å². The standard InChI is InChI=1S/C14H24N2.C2H6/c1-7-9-12-13(10(3)4)15-14(11(5)6)16(12)8-2;1-2/h7,9-11H,8H2,1-6H3;1-2H3/b9-7-;. The lowest BCUT2D eigenvalue weighted by molar-refractivity contribution is 0.648. The second-order valence-corrected chi connectivity index (χ2v) is 4.79. The molecule has 0 radical (unpaired) electrons. The van der Waals surface area contributed by atoms with Crippen molar-refractivity contribution in [3.63, 3.8) is 0 Å². The lowest BCUT2D eigenvalue weighted by Gasteiger charge is -2.09. The van der Waals surface area contributed by atoms with Gasteiger partial charge >= 0.3 is 0 Å². The van der Waals surface area contributed by atoms with E-state index in [-0.39, 0.29) is 0 Å². The number of rotatable bonds is 4. The zero-order chi connectivity index (χ0) is 14.3. The molecule has 0 bridgehead atoms. The van der Waals surface area contributed by atoms with Gasteiger partial charge in [-0.25, -0.2) is 4.98 Å². The van der Waals surface area contributed by atoms with Crippen molar-refractivity contribution in [2.24, 2.45) is 0 Å². The molecule has 1 aromatic rings. The Morgan fingerprint density at radius 2 is 1.67 bits per heavy atom. The van der Waals surface area contributed by atoms with Crippen LogP contribution in [0.3, 0.4) is 0 Å². The van der Waals surface area contributed by atoms with E-state index in [0.29, 0.717) is 11.8 Å². The topological polar surface area (TPSA) is 17.8 Å². The molecule has 2 heteroatoms. The minimum absolute atomic E-state index is 0.483.